The van der Waals surface area contributed by atoms with Crippen LogP contribution in [0.25, 0.3) is 0 Å². The molecule has 0 saturated heterocycles. The van der Waals surface area contributed by atoms with E-state index in [-0.39, 0.29) is 5.43 Å². The van der Waals surface area contributed by atoms with Gasteiger partial charge in [-0.05, 0) is 20.9 Å². The minimum atomic E-state index is 0.105. The SMILES string of the molecule is CNCc1nnc(SCc2[nH]cc(C)c(=O)c2C)n1C. The van der Waals surface area contributed by atoms with E-state index in [1.54, 1.807) is 18.0 Å². The lowest BCUT2D eigenvalue weighted by molar-refractivity contribution is 0.682. The molecule has 0 fully saturated rings. The number of aryl methyl sites for hydroxylation is 1. The van der Waals surface area contributed by atoms with Gasteiger partial charge in [0.1, 0.15) is 5.82 Å². The molecule has 2 heterocycles. The molecule has 0 aliphatic carbocycles. The Bertz CT molecular complexity index is 661. The molecule has 0 aliphatic rings. The molecule has 0 spiro atoms. The fourth-order valence-corrected chi connectivity index (χ4v) is 2.84. The quantitative estimate of drug-likeness (QED) is 0.808. The van der Waals surface area contributed by atoms with Crippen LogP contribution in [0.1, 0.15) is 22.6 Å². The zero-order valence-corrected chi connectivity index (χ0v) is 13.0. The van der Waals surface area contributed by atoms with Crippen molar-refractivity contribution in [2.75, 3.05) is 7.05 Å². The summed E-state index contributed by atoms with van der Waals surface area (Å²) in [5.74, 6) is 1.57. The molecule has 7 heteroatoms. The molecule has 0 saturated carbocycles. The van der Waals surface area contributed by atoms with Gasteiger partial charge in [-0.25, -0.2) is 0 Å². The van der Waals surface area contributed by atoms with E-state index < -0.39 is 0 Å². The Morgan fingerprint density at radius 3 is 2.85 bits per heavy atom. The molecule has 2 aromatic heterocycles. The molecule has 20 heavy (non-hydrogen) atoms. The highest BCUT2D eigenvalue weighted by Gasteiger charge is 2.11. The maximum atomic E-state index is 11.9. The van der Waals surface area contributed by atoms with Gasteiger partial charge >= 0.3 is 0 Å². The first kappa shape index (κ1) is 14.8. The van der Waals surface area contributed by atoms with Crippen LogP contribution in [-0.2, 0) is 19.3 Å². The average Bonchev–Trinajstić information content (AvgIpc) is 2.77. The van der Waals surface area contributed by atoms with E-state index >= 15 is 0 Å². The first-order chi connectivity index (χ1) is 9.54. The summed E-state index contributed by atoms with van der Waals surface area (Å²) in [6.45, 7) is 4.35. The second-order valence-corrected chi connectivity index (χ2v) is 5.62. The number of aromatic amines is 1. The second kappa shape index (κ2) is 6.23. The van der Waals surface area contributed by atoms with Gasteiger partial charge in [0, 0.05) is 35.8 Å². The Hall–Kier alpha value is -1.60. The van der Waals surface area contributed by atoms with Crippen molar-refractivity contribution in [1.29, 1.82) is 0 Å². The third kappa shape index (κ3) is 2.94. The molecule has 0 aromatic carbocycles. The Labute approximate surface area is 122 Å². The lowest BCUT2D eigenvalue weighted by atomic mass is 10.2. The summed E-state index contributed by atoms with van der Waals surface area (Å²) in [5, 5.41) is 12.2. The highest BCUT2D eigenvalue weighted by Crippen LogP contribution is 2.20. The monoisotopic (exact) mass is 293 g/mol. The van der Waals surface area contributed by atoms with Crippen LogP contribution in [0.5, 0.6) is 0 Å². The van der Waals surface area contributed by atoms with Crippen molar-refractivity contribution in [3.05, 3.63) is 39.1 Å². The van der Waals surface area contributed by atoms with E-state index in [1.807, 2.05) is 32.5 Å². The van der Waals surface area contributed by atoms with Crippen molar-refractivity contribution in [3.63, 3.8) is 0 Å². The number of aromatic nitrogens is 4. The first-order valence-electron chi connectivity index (χ1n) is 6.38. The van der Waals surface area contributed by atoms with Gasteiger partial charge in [0.05, 0.1) is 6.54 Å². The highest BCUT2D eigenvalue weighted by atomic mass is 32.2. The van der Waals surface area contributed by atoms with E-state index in [4.69, 9.17) is 0 Å². The largest absolute Gasteiger partial charge is 0.364 e. The Morgan fingerprint density at radius 1 is 1.40 bits per heavy atom. The Balaban J connectivity index is 2.13. The van der Waals surface area contributed by atoms with Crippen LogP contribution in [0.2, 0.25) is 0 Å². The number of nitrogens with zero attached hydrogens (tertiary/aromatic N) is 3. The predicted molar refractivity (Wildman–Crippen MR) is 79.9 cm³/mol. The van der Waals surface area contributed by atoms with E-state index in [2.05, 4.69) is 20.5 Å². The van der Waals surface area contributed by atoms with Gasteiger partial charge in [-0.1, -0.05) is 11.8 Å². The number of hydrogen-bond acceptors (Lipinski definition) is 5. The summed E-state index contributed by atoms with van der Waals surface area (Å²) in [4.78, 5) is 15.1. The van der Waals surface area contributed by atoms with Gasteiger partial charge in [0.15, 0.2) is 10.6 Å². The van der Waals surface area contributed by atoms with Gasteiger partial charge in [0.2, 0.25) is 0 Å². The molecule has 0 aliphatic heterocycles. The van der Waals surface area contributed by atoms with E-state index in [0.717, 1.165) is 27.8 Å². The number of H-pyrrole nitrogens is 1. The van der Waals surface area contributed by atoms with Crippen molar-refractivity contribution in [2.45, 2.75) is 31.3 Å². The predicted octanol–water partition coefficient (Wildman–Crippen LogP) is 1.13. The van der Waals surface area contributed by atoms with Crippen molar-refractivity contribution >= 4 is 11.8 Å². The van der Waals surface area contributed by atoms with Crippen LogP contribution in [0.15, 0.2) is 16.1 Å². The molecular formula is C13H19N5OS. The lowest BCUT2D eigenvalue weighted by Crippen LogP contribution is -2.13. The van der Waals surface area contributed by atoms with E-state index in [1.165, 1.54) is 0 Å². The van der Waals surface area contributed by atoms with Gasteiger partial charge in [-0.2, -0.15) is 0 Å². The topological polar surface area (TPSA) is 75.6 Å². The maximum Gasteiger partial charge on any atom is 0.191 e. The van der Waals surface area contributed by atoms with E-state index in [0.29, 0.717) is 12.3 Å². The number of thioether (sulfide) groups is 1. The summed E-state index contributed by atoms with van der Waals surface area (Å²) in [6, 6.07) is 0. The standard InChI is InChI=1S/C13H19N5OS/c1-8-5-15-10(9(2)12(8)19)7-20-13-17-16-11(6-14-3)18(13)4/h5,14H,6-7H2,1-4H3,(H,15,19). The lowest BCUT2D eigenvalue weighted by Gasteiger charge is -2.06. The zero-order chi connectivity index (χ0) is 14.7. The summed E-state index contributed by atoms with van der Waals surface area (Å²) in [6.07, 6.45) is 1.76. The highest BCUT2D eigenvalue weighted by molar-refractivity contribution is 7.98. The summed E-state index contributed by atoms with van der Waals surface area (Å²) in [5.41, 5.74) is 2.55. The molecule has 0 unspecified atom stereocenters. The number of nitrogens with one attached hydrogen (secondary N) is 2. The van der Waals surface area contributed by atoms with Gasteiger partial charge in [-0.3, -0.25) is 4.79 Å². The minimum Gasteiger partial charge on any atom is -0.364 e. The van der Waals surface area contributed by atoms with Crippen molar-refractivity contribution in [2.24, 2.45) is 7.05 Å². The van der Waals surface area contributed by atoms with Gasteiger partial charge in [-0.15, -0.1) is 10.2 Å². The van der Waals surface area contributed by atoms with Crippen LogP contribution in [0.3, 0.4) is 0 Å². The smallest absolute Gasteiger partial charge is 0.191 e. The normalized spacial score (nSPS) is 11.0. The minimum absolute atomic E-state index is 0.105. The van der Waals surface area contributed by atoms with Crippen LogP contribution in [-0.4, -0.2) is 26.8 Å². The zero-order valence-electron chi connectivity index (χ0n) is 12.1. The van der Waals surface area contributed by atoms with Crippen LogP contribution >= 0.6 is 11.8 Å². The number of hydrogen-bond donors (Lipinski definition) is 2. The molecule has 0 radical (unpaired) electrons. The van der Waals surface area contributed by atoms with Crippen LogP contribution < -0.4 is 10.7 Å². The molecule has 108 valence electrons. The summed E-state index contributed by atoms with van der Waals surface area (Å²) >= 11 is 1.57. The van der Waals surface area contributed by atoms with Crippen LogP contribution in [0, 0.1) is 13.8 Å². The maximum absolute atomic E-state index is 11.9. The Kier molecular flexibility index (Phi) is 4.61. The third-order valence-corrected chi connectivity index (χ3v) is 4.27. The summed E-state index contributed by atoms with van der Waals surface area (Å²) in [7, 11) is 3.82. The van der Waals surface area contributed by atoms with Crippen LogP contribution in [0.4, 0.5) is 0 Å². The van der Waals surface area contributed by atoms with Gasteiger partial charge in [0.25, 0.3) is 0 Å². The molecule has 0 amide bonds. The summed E-state index contributed by atoms with van der Waals surface area (Å²) < 4.78 is 1.96. The Morgan fingerprint density at radius 2 is 2.15 bits per heavy atom. The molecule has 0 bridgehead atoms. The second-order valence-electron chi connectivity index (χ2n) is 4.68. The van der Waals surface area contributed by atoms with Crippen molar-refractivity contribution < 1.29 is 0 Å². The molecule has 0 atom stereocenters. The van der Waals surface area contributed by atoms with Gasteiger partial charge < -0.3 is 14.9 Å². The molecule has 2 rings (SSSR count). The number of pyridine rings is 1. The van der Waals surface area contributed by atoms with E-state index in [9.17, 15) is 4.79 Å². The fourth-order valence-electron chi connectivity index (χ4n) is 1.87. The molecular weight excluding hydrogens is 274 g/mol. The first-order valence-corrected chi connectivity index (χ1v) is 7.36. The molecule has 2 aromatic rings. The fraction of sp³-hybridized carbons (Fsp3) is 0.462. The van der Waals surface area contributed by atoms with Crippen molar-refractivity contribution in [3.8, 4) is 0 Å². The van der Waals surface area contributed by atoms with Crippen molar-refractivity contribution in [1.82, 2.24) is 25.1 Å². The third-order valence-electron chi connectivity index (χ3n) is 3.22. The molecule has 6 nitrogen and oxygen atoms in total. The number of rotatable bonds is 5. The molecule has 2 N–H and O–H groups in total. The average molecular weight is 293 g/mol.